The van der Waals surface area contributed by atoms with E-state index in [1.807, 2.05) is 32.0 Å². The molecule has 5 heteroatoms. The zero-order chi connectivity index (χ0) is 17.5. The number of amides is 2. The highest BCUT2D eigenvalue weighted by Gasteiger charge is 2.35. The average Bonchev–Trinajstić information content (AvgIpc) is 2.62. The van der Waals surface area contributed by atoms with Crippen LogP contribution in [0.2, 0.25) is 0 Å². The molecular weight excluding hydrogens is 304 g/mol. The lowest BCUT2D eigenvalue weighted by Gasteiger charge is -2.38. The molecule has 1 unspecified atom stereocenters. The molecule has 0 aliphatic carbocycles. The van der Waals surface area contributed by atoms with Crippen LogP contribution in [0.15, 0.2) is 30.3 Å². The summed E-state index contributed by atoms with van der Waals surface area (Å²) >= 11 is 0. The average molecular weight is 334 g/mol. The summed E-state index contributed by atoms with van der Waals surface area (Å²) < 4.78 is 5.52. The van der Waals surface area contributed by atoms with Gasteiger partial charge in [-0.3, -0.25) is 0 Å². The third kappa shape index (κ3) is 4.71. The van der Waals surface area contributed by atoms with E-state index in [0.29, 0.717) is 19.8 Å². The van der Waals surface area contributed by atoms with E-state index in [0.717, 1.165) is 25.7 Å². The van der Waals surface area contributed by atoms with E-state index >= 15 is 0 Å². The van der Waals surface area contributed by atoms with Crippen molar-refractivity contribution in [3.63, 3.8) is 0 Å². The Morgan fingerprint density at radius 1 is 1.29 bits per heavy atom. The van der Waals surface area contributed by atoms with Crippen LogP contribution in [0.3, 0.4) is 0 Å². The molecule has 1 aromatic rings. The number of hydrogen-bond acceptors (Lipinski definition) is 3. The van der Waals surface area contributed by atoms with Gasteiger partial charge >= 0.3 is 6.03 Å². The van der Waals surface area contributed by atoms with Crippen molar-refractivity contribution in [3.8, 4) is 0 Å². The fourth-order valence-corrected chi connectivity index (χ4v) is 3.42. The van der Waals surface area contributed by atoms with E-state index in [1.54, 1.807) is 0 Å². The van der Waals surface area contributed by atoms with Crippen molar-refractivity contribution < 1.29 is 14.6 Å². The van der Waals surface area contributed by atoms with E-state index in [2.05, 4.69) is 22.8 Å². The summed E-state index contributed by atoms with van der Waals surface area (Å²) in [6, 6.07) is 10.1. The Labute approximate surface area is 144 Å². The second-order valence-corrected chi connectivity index (χ2v) is 7.04. The molecule has 0 spiro atoms. The van der Waals surface area contributed by atoms with Gasteiger partial charge < -0.3 is 20.5 Å². The first-order chi connectivity index (χ1) is 11.5. The topological polar surface area (TPSA) is 70.6 Å². The minimum Gasteiger partial charge on any atom is -0.394 e. The highest BCUT2D eigenvalue weighted by Crippen LogP contribution is 2.34. The van der Waals surface area contributed by atoms with E-state index in [1.165, 1.54) is 5.56 Å². The molecule has 3 N–H and O–H groups in total. The number of aliphatic hydroxyl groups is 1. The lowest BCUT2D eigenvalue weighted by molar-refractivity contribution is 0.0504. The zero-order valence-corrected chi connectivity index (χ0v) is 14.8. The summed E-state index contributed by atoms with van der Waals surface area (Å²) in [5.41, 5.74) is 0.582. The van der Waals surface area contributed by atoms with Gasteiger partial charge in [0.15, 0.2) is 0 Å². The first kappa shape index (κ1) is 18.7. The third-order valence-electron chi connectivity index (χ3n) is 4.99. The van der Waals surface area contributed by atoms with Gasteiger partial charge in [-0.1, -0.05) is 43.7 Å². The number of nitrogens with one attached hydrogen (secondary N) is 2. The summed E-state index contributed by atoms with van der Waals surface area (Å²) in [5.74, 6) is 0. The summed E-state index contributed by atoms with van der Waals surface area (Å²) in [5, 5.41) is 15.5. The second-order valence-electron chi connectivity index (χ2n) is 7.04. The fourth-order valence-electron chi connectivity index (χ4n) is 3.42. The Morgan fingerprint density at radius 3 is 2.54 bits per heavy atom. The van der Waals surface area contributed by atoms with Crippen molar-refractivity contribution in [3.05, 3.63) is 35.9 Å². The predicted molar refractivity (Wildman–Crippen MR) is 95.1 cm³/mol. The molecule has 0 saturated carbocycles. The first-order valence-corrected chi connectivity index (χ1v) is 8.84. The standard InChI is InChI=1S/C19H30N2O3/c1-3-9-18(2,15-22)21-17(23)20-14-19(10-12-24-13-11-19)16-7-5-4-6-8-16/h4-8,22H,3,9-15H2,1-2H3,(H2,20,21,23). The number of ether oxygens (including phenoxy) is 1. The monoisotopic (exact) mass is 334 g/mol. The van der Waals surface area contributed by atoms with Gasteiger partial charge in [0.25, 0.3) is 0 Å². The van der Waals surface area contributed by atoms with Gasteiger partial charge in [0.05, 0.1) is 12.1 Å². The van der Waals surface area contributed by atoms with Crippen LogP contribution in [0.1, 0.15) is 45.1 Å². The van der Waals surface area contributed by atoms with E-state index in [-0.39, 0.29) is 18.1 Å². The van der Waals surface area contributed by atoms with Crippen molar-refractivity contribution in [2.45, 2.75) is 50.5 Å². The molecule has 0 bridgehead atoms. The van der Waals surface area contributed by atoms with Crippen molar-refractivity contribution in [1.29, 1.82) is 0 Å². The summed E-state index contributed by atoms with van der Waals surface area (Å²) in [6.07, 6.45) is 3.43. The van der Waals surface area contributed by atoms with Crippen LogP contribution < -0.4 is 10.6 Å². The molecule has 1 fully saturated rings. The lowest BCUT2D eigenvalue weighted by Crippen LogP contribution is -2.55. The molecular formula is C19H30N2O3. The normalized spacial score (nSPS) is 19.3. The summed E-state index contributed by atoms with van der Waals surface area (Å²) in [4.78, 5) is 12.3. The van der Waals surface area contributed by atoms with Crippen molar-refractivity contribution >= 4 is 6.03 Å². The Morgan fingerprint density at radius 2 is 1.96 bits per heavy atom. The molecule has 0 radical (unpaired) electrons. The number of carbonyl (C=O) groups is 1. The van der Waals surface area contributed by atoms with Crippen LogP contribution in [-0.4, -0.2) is 43.0 Å². The zero-order valence-electron chi connectivity index (χ0n) is 14.8. The third-order valence-corrected chi connectivity index (χ3v) is 4.99. The van der Waals surface area contributed by atoms with Gasteiger partial charge in [-0.15, -0.1) is 0 Å². The summed E-state index contributed by atoms with van der Waals surface area (Å²) in [7, 11) is 0. The molecule has 2 rings (SSSR count). The number of hydrogen-bond donors (Lipinski definition) is 3. The maximum Gasteiger partial charge on any atom is 0.315 e. The van der Waals surface area contributed by atoms with Gasteiger partial charge in [0.2, 0.25) is 0 Å². The van der Waals surface area contributed by atoms with Gasteiger partial charge in [0.1, 0.15) is 0 Å². The van der Waals surface area contributed by atoms with E-state index in [4.69, 9.17) is 4.74 Å². The summed E-state index contributed by atoms with van der Waals surface area (Å²) in [6.45, 7) is 5.84. The SMILES string of the molecule is CCCC(C)(CO)NC(=O)NCC1(c2ccccc2)CCOCC1. The molecule has 24 heavy (non-hydrogen) atoms. The Bertz CT molecular complexity index is 515. The highest BCUT2D eigenvalue weighted by atomic mass is 16.5. The maximum absolute atomic E-state index is 12.3. The Balaban J connectivity index is 2.02. The smallest absolute Gasteiger partial charge is 0.315 e. The number of urea groups is 1. The molecule has 2 amide bonds. The predicted octanol–water partition coefficient (Wildman–Crippen LogP) is 2.59. The molecule has 1 atom stereocenters. The van der Waals surface area contributed by atoms with Crippen molar-refractivity contribution in [2.75, 3.05) is 26.4 Å². The number of rotatable bonds is 7. The van der Waals surface area contributed by atoms with Crippen LogP contribution in [0.5, 0.6) is 0 Å². The minimum absolute atomic E-state index is 0.0636. The Kier molecular flexibility index (Phi) is 6.63. The highest BCUT2D eigenvalue weighted by molar-refractivity contribution is 5.75. The van der Waals surface area contributed by atoms with Gasteiger partial charge in [-0.25, -0.2) is 4.79 Å². The Hall–Kier alpha value is -1.59. The van der Waals surface area contributed by atoms with Gasteiger partial charge in [-0.05, 0) is 31.7 Å². The minimum atomic E-state index is -0.575. The second kappa shape index (κ2) is 8.49. The molecule has 0 aromatic heterocycles. The van der Waals surface area contributed by atoms with Crippen molar-refractivity contribution in [2.24, 2.45) is 0 Å². The number of carbonyl (C=O) groups excluding carboxylic acids is 1. The lowest BCUT2D eigenvalue weighted by atomic mass is 9.74. The molecule has 5 nitrogen and oxygen atoms in total. The van der Waals surface area contributed by atoms with Crippen LogP contribution in [0.25, 0.3) is 0 Å². The fraction of sp³-hybridized carbons (Fsp3) is 0.632. The largest absolute Gasteiger partial charge is 0.394 e. The quantitative estimate of drug-likeness (QED) is 0.718. The van der Waals surface area contributed by atoms with Crippen LogP contribution in [0, 0.1) is 0 Å². The first-order valence-electron chi connectivity index (χ1n) is 8.84. The molecule has 134 valence electrons. The van der Waals surface area contributed by atoms with Crippen LogP contribution in [0.4, 0.5) is 4.79 Å². The van der Waals surface area contributed by atoms with Crippen LogP contribution in [-0.2, 0) is 10.2 Å². The van der Waals surface area contributed by atoms with E-state index < -0.39 is 5.54 Å². The van der Waals surface area contributed by atoms with Crippen molar-refractivity contribution in [1.82, 2.24) is 10.6 Å². The molecule has 1 saturated heterocycles. The van der Waals surface area contributed by atoms with Gasteiger partial charge in [0, 0.05) is 25.2 Å². The molecule has 1 heterocycles. The molecule has 1 aliphatic rings. The molecule has 1 aliphatic heterocycles. The molecule has 1 aromatic carbocycles. The van der Waals surface area contributed by atoms with Crippen LogP contribution >= 0.6 is 0 Å². The number of benzene rings is 1. The number of aliphatic hydroxyl groups excluding tert-OH is 1. The maximum atomic E-state index is 12.3. The van der Waals surface area contributed by atoms with Gasteiger partial charge in [-0.2, -0.15) is 0 Å². The van der Waals surface area contributed by atoms with E-state index in [9.17, 15) is 9.90 Å².